The van der Waals surface area contributed by atoms with Gasteiger partial charge < -0.3 is 9.53 Å². The molecule has 3 heteroatoms. The molecule has 0 saturated heterocycles. The molecule has 1 aliphatic carbocycles. The fourth-order valence-electron chi connectivity index (χ4n) is 0.854. The topological polar surface area (TPSA) is 43.4 Å². The van der Waals surface area contributed by atoms with E-state index in [1.165, 1.54) is 6.92 Å². The minimum atomic E-state index is -0.267. The second-order valence-corrected chi connectivity index (χ2v) is 2.60. The molecule has 1 fully saturated rings. The quantitative estimate of drug-likeness (QED) is 0.422. The molecule has 10 heavy (non-hydrogen) atoms. The van der Waals surface area contributed by atoms with E-state index in [9.17, 15) is 9.59 Å². The zero-order chi connectivity index (χ0) is 7.56. The van der Waals surface area contributed by atoms with Gasteiger partial charge in [-0.1, -0.05) is 0 Å². The van der Waals surface area contributed by atoms with Crippen molar-refractivity contribution in [3.05, 3.63) is 0 Å². The first kappa shape index (κ1) is 7.25. The van der Waals surface area contributed by atoms with Crippen molar-refractivity contribution in [2.75, 3.05) is 6.61 Å². The highest BCUT2D eigenvalue weighted by molar-refractivity contribution is 5.66. The summed E-state index contributed by atoms with van der Waals surface area (Å²) in [6.07, 6.45) is 1.81. The Morgan fingerprint density at radius 2 is 2.50 bits per heavy atom. The van der Waals surface area contributed by atoms with E-state index in [-0.39, 0.29) is 11.9 Å². The lowest BCUT2D eigenvalue weighted by Gasteiger charge is -1.96. The van der Waals surface area contributed by atoms with Gasteiger partial charge in [0.15, 0.2) is 0 Å². The number of ether oxygens (including phenoxy) is 1. The van der Waals surface area contributed by atoms with Crippen molar-refractivity contribution in [1.82, 2.24) is 0 Å². The summed E-state index contributed by atoms with van der Waals surface area (Å²) in [6, 6.07) is 0. The van der Waals surface area contributed by atoms with Crippen LogP contribution in [-0.2, 0) is 14.3 Å². The van der Waals surface area contributed by atoms with Crippen LogP contribution in [0.2, 0.25) is 0 Å². The van der Waals surface area contributed by atoms with E-state index in [0.29, 0.717) is 12.5 Å². The zero-order valence-corrected chi connectivity index (χ0v) is 5.87. The summed E-state index contributed by atoms with van der Waals surface area (Å²) in [4.78, 5) is 20.3. The minimum Gasteiger partial charge on any atom is -0.466 e. The van der Waals surface area contributed by atoms with Crippen LogP contribution >= 0.6 is 0 Å². The van der Waals surface area contributed by atoms with Crippen LogP contribution in [-0.4, -0.2) is 18.9 Å². The number of esters is 1. The van der Waals surface area contributed by atoms with E-state index in [0.717, 1.165) is 12.7 Å². The van der Waals surface area contributed by atoms with E-state index in [2.05, 4.69) is 0 Å². The molecule has 0 unspecified atom stereocenters. The van der Waals surface area contributed by atoms with Crippen LogP contribution in [0.5, 0.6) is 0 Å². The van der Waals surface area contributed by atoms with Gasteiger partial charge in [0.25, 0.3) is 0 Å². The van der Waals surface area contributed by atoms with E-state index in [1.807, 2.05) is 0 Å². The van der Waals surface area contributed by atoms with Crippen molar-refractivity contribution < 1.29 is 14.3 Å². The summed E-state index contributed by atoms with van der Waals surface area (Å²) >= 11 is 0. The van der Waals surface area contributed by atoms with Crippen molar-refractivity contribution in [2.45, 2.75) is 13.3 Å². The highest BCUT2D eigenvalue weighted by Crippen LogP contribution is 2.36. The smallest absolute Gasteiger partial charge is 0.302 e. The molecule has 0 aromatic rings. The predicted octanol–water partition coefficient (Wildman–Crippen LogP) is 0.385. The molecule has 2 atom stereocenters. The van der Waals surface area contributed by atoms with Crippen molar-refractivity contribution >= 4 is 12.3 Å². The van der Waals surface area contributed by atoms with E-state index >= 15 is 0 Å². The summed E-state index contributed by atoms with van der Waals surface area (Å²) in [5.74, 6) is 0.192. The van der Waals surface area contributed by atoms with E-state index < -0.39 is 0 Å². The SMILES string of the molecule is CC(=O)OC[C@@H]1C[C@H]1C=O. The van der Waals surface area contributed by atoms with Gasteiger partial charge in [-0.3, -0.25) is 4.79 Å². The number of rotatable bonds is 3. The molecule has 0 radical (unpaired) electrons. The summed E-state index contributed by atoms with van der Waals surface area (Å²) < 4.78 is 4.70. The molecule has 0 aromatic heterocycles. The normalized spacial score (nSPS) is 29.3. The summed E-state index contributed by atoms with van der Waals surface area (Å²) in [5, 5.41) is 0. The summed E-state index contributed by atoms with van der Waals surface area (Å²) in [5.41, 5.74) is 0. The van der Waals surface area contributed by atoms with Crippen LogP contribution in [0, 0.1) is 11.8 Å². The molecular formula is C7H10O3. The van der Waals surface area contributed by atoms with Gasteiger partial charge in [-0.15, -0.1) is 0 Å². The van der Waals surface area contributed by atoms with E-state index in [4.69, 9.17) is 4.74 Å². The maximum Gasteiger partial charge on any atom is 0.302 e. The second kappa shape index (κ2) is 2.82. The van der Waals surface area contributed by atoms with Crippen LogP contribution in [0.4, 0.5) is 0 Å². The lowest BCUT2D eigenvalue weighted by Crippen LogP contribution is -2.03. The first-order valence-corrected chi connectivity index (χ1v) is 3.32. The Hall–Kier alpha value is -0.860. The minimum absolute atomic E-state index is 0.152. The molecular weight excluding hydrogens is 132 g/mol. The Bertz CT molecular complexity index is 153. The molecule has 1 saturated carbocycles. The molecule has 1 rings (SSSR count). The lowest BCUT2D eigenvalue weighted by molar-refractivity contribution is -0.141. The van der Waals surface area contributed by atoms with Crippen LogP contribution in [0.3, 0.4) is 0 Å². The lowest BCUT2D eigenvalue weighted by atomic mass is 10.3. The van der Waals surface area contributed by atoms with Crippen LogP contribution in [0.15, 0.2) is 0 Å². The van der Waals surface area contributed by atoms with Gasteiger partial charge in [0.2, 0.25) is 0 Å². The van der Waals surface area contributed by atoms with Gasteiger partial charge in [0.1, 0.15) is 6.29 Å². The van der Waals surface area contributed by atoms with Gasteiger partial charge >= 0.3 is 5.97 Å². The standard InChI is InChI=1S/C7H10O3/c1-5(9)10-4-7-2-6(7)3-8/h3,6-7H,2,4H2,1H3/t6-,7-/m0/s1. The summed E-state index contributed by atoms with van der Waals surface area (Å²) in [6.45, 7) is 1.79. The van der Waals surface area contributed by atoms with Crippen molar-refractivity contribution in [3.8, 4) is 0 Å². The molecule has 0 spiro atoms. The Morgan fingerprint density at radius 3 is 2.90 bits per heavy atom. The Morgan fingerprint density at radius 1 is 1.80 bits per heavy atom. The molecule has 3 nitrogen and oxygen atoms in total. The Kier molecular flexibility index (Phi) is 2.04. The van der Waals surface area contributed by atoms with Crippen molar-refractivity contribution in [1.29, 1.82) is 0 Å². The van der Waals surface area contributed by atoms with Crippen molar-refractivity contribution in [2.24, 2.45) is 11.8 Å². The molecule has 0 aromatic carbocycles. The third kappa shape index (κ3) is 1.83. The number of carbonyl (C=O) groups excluding carboxylic acids is 2. The molecule has 0 N–H and O–H groups in total. The molecule has 0 bridgehead atoms. The zero-order valence-electron chi connectivity index (χ0n) is 5.87. The summed E-state index contributed by atoms with van der Waals surface area (Å²) in [7, 11) is 0. The Labute approximate surface area is 59.4 Å². The number of aldehydes is 1. The Balaban J connectivity index is 2.07. The van der Waals surface area contributed by atoms with Gasteiger partial charge in [-0.2, -0.15) is 0 Å². The highest BCUT2D eigenvalue weighted by atomic mass is 16.5. The van der Waals surface area contributed by atoms with Crippen LogP contribution in [0.1, 0.15) is 13.3 Å². The third-order valence-electron chi connectivity index (χ3n) is 1.65. The first-order chi connectivity index (χ1) is 4.74. The number of carbonyl (C=O) groups is 2. The van der Waals surface area contributed by atoms with Gasteiger partial charge in [0, 0.05) is 18.8 Å². The molecule has 0 heterocycles. The largest absolute Gasteiger partial charge is 0.466 e. The second-order valence-electron chi connectivity index (χ2n) is 2.60. The van der Waals surface area contributed by atoms with Crippen LogP contribution in [0.25, 0.3) is 0 Å². The monoisotopic (exact) mass is 142 g/mol. The molecule has 0 aliphatic heterocycles. The molecule has 0 amide bonds. The average Bonchev–Trinajstić information content (AvgIpc) is 2.61. The predicted molar refractivity (Wildman–Crippen MR) is 34.3 cm³/mol. The van der Waals surface area contributed by atoms with Crippen LogP contribution < -0.4 is 0 Å². The maximum atomic E-state index is 10.3. The van der Waals surface area contributed by atoms with Gasteiger partial charge in [-0.25, -0.2) is 0 Å². The van der Waals surface area contributed by atoms with Crippen molar-refractivity contribution in [3.63, 3.8) is 0 Å². The van der Waals surface area contributed by atoms with E-state index in [1.54, 1.807) is 0 Å². The molecule has 56 valence electrons. The third-order valence-corrected chi connectivity index (χ3v) is 1.65. The number of hydrogen-bond donors (Lipinski definition) is 0. The maximum absolute atomic E-state index is 10.3. The van der Waals surface area contributed by atoms with Gasteiger partial charge in [0.05, 0.1) is 6.61 Å². The molecule has 1 aliphatic rings. The highest BCUT2D eigenvalue weighted by Gasteiger charge is 2.37. The fourth-order valence-corrected chi connectivity index (χ4v) is 0.854. The number of hydrogen-bond acceptors (Lipinski definition) is 3. The fraction of sp³-hybridized carbons (Fsp3) is 0.714. The van der Waals surface area contributed by atoms with Gasteiger partial charge in [-0.05, 0) is 6.42 Å². The average molecular weight is 142 g/mol. The first-order valence-electron chi connectivity index (χ1n) is 3.32.